The maximum Gasteiger partial charge on any atom is 0.250 e. The fourth-order valence-electron chi connectivity index (χ4n) is 4.13. The third kappa shape index (κ3) is 7.48. The van der Waals surface area contributed by atoms with Crippen molar-refractivity contribution in [1.29, 1.82) is 0 Å². The third-order valence-electron chi connectivity index (χ3n) is 6.00. The number of hydrogen-bond acceptors (Lipinski definition) is 5. The van der Waals surface area contributed by atoms with Crippen LogP contribution < -0.4 is 10.2 Å². The Hall–Kier alpha value is -4.03. The number of carbonyl (C=O) groups excluding carboxylic acids is 1. The van der Waals surface area contributed by atoms with Crippen molar-refractivity contribution >= 4 is 17.4 Å². The Morgan fingerprint density at radius 2 is 1.43 bits per heavy atom. The molecule has 6 nitrogen and oxygen atoms in total. The number of ether oxygens (including phenoxy) is 1. The van der Waals surface area contributed by atoms with Crippen LogP contribution in [0, 0.1) is 0 Å². The number of unbranched alkanes of at least 4 members (excludes halogenated alkanes) is 1. The van der Waals surface area contributed by atoms with Crippen LogP contribution in [-0.4, -0.2) is 41.7 Å². The van der Waals surface area contributed by atoms with Gasteiger partial charge < -0.3 is 15.0 Å². The van der Waals surface area contributed by atoms with E-state index in [2.05, 4.69) is 48.3 Å². The summed E-state index contributed by atoms with van der Waals surface area (Å²) >= 11 is 0. The van der Waals surface area contributed by atoms with Gasteiger partial charge in [0.1, 0.15) is 12.4 Å². The lowest BCUT2D eigenvalue weighted by atomic mass is 10.0. The van der Waals surface area contributed by atoms with E-state index in [1.54, 1.807) is 0 Å². The molecule has 1 aromatic heterocycles. The lowest BCUT2D eigenvalue weighted by molar-refractivity contribution is -0.120. The minimum atomic E-state index is -0.141. The van der Waals surface area contributed by atoms with Crippen LogP contribution in [0.15, 0.2) is 97.2 Å². The topological polar surface area (TPSA) is 67.3 Å². The standard InChI is InChI=1S/C31H34N4O2/c1-24(2)35(20-12-13-21-37-23-29(36)33-27-18-10-5-11-19-27)28-22-32-30(25-14-6-3-7-15-25)31(34-28)26-16-8-4-9-17-26/h3-11,14-19,22,24H,12-13,20-21,23H2,1-2H3,(H,33,36). The lowest BCUT2D eigenvalue weighted by Gasteiger charge is -2.28. The Bertz CT molecular complexity index is 1250. The van der Waals surface area contributed by atoms with Gasteiger partial charge in [-0.1, -0.05) is 78.9 Å². The monoisotopic (exact) mass is 494 g/mol. The Labute approximate surface area is 219 Å². The van der Waals surface area contributed by atoms with Crippen LogP contribution in [0.4, 0.5) is 11.5 Å². The molecule has 0 aliphatic rings. The van der Waals surface area contributed by atoms with Gasteiger partial charge in [-0.2, -0.15) is 0 Å². The van der Waals surface area contributed by atoms with Crippen molar-refractivity contribution in [3.05, 3.63) is 97.2 Å². The summed E-state index contributed by atoms with van der Waals surface area (Å²) < 4.78 is 5.60. The highest BCUT2D eigenvalue weighted by atomic mass is 16.5. The van der Waals surface area contributed by atoms with E-state index in [0.717, 1.165) is 53.4 Å². The zero-order valence-electron chi connectivity index (χ0n) is 21.5. The summed E-state index contributed by atoms with van der Waals surface area (Å²) in [4.78, 5) is 24.3. The van der Waals surface area contributed by atoms with Crippen LogP contribution in [0.25, 0.3) is 22.5 Å². The van der Waals surface area contributed by atoms with E-state index in [4.69, 9.17) is 14.7 Å². The number of hydrogen-bond donors (Lipinski definition) is 1. The summed E-state index contributed by atoms with van der Waals surface area (Å²) in [5.74, 6) is 0.717. The van der Waals surface area contributed by atoms with Crippen molar-refractivity contribution in [1.82, 2.24) is 9.97 Å². The first-order valence-electron chi connectivity index (χ1n) is 12.8. The molecule has 0 atom stereocenters. The van der Waals surface area contributed by atoms with Gasteiger partial charge in [0.25, 0.3) is 0 Å². The maximum atomic E-state index is 12.0. The second kappa shape index (κ2) is 13.3. The molecule has 6 heteroatoms. The van der Waals surface area contributed by atoms with E-state index in [1.165, 1.54) is 0 Å². The molecule has 0 spiro atoms. The molecular weight excluding hydrogens is 460 g/mol. The van der Waals surface area contributed by atoms with E-state index >= 15 is 0 Å². The molecule has 4 aromatic rings. The fourth-order valence-corrected chi connectivity index (χ4v) is 4.13. The van der Waals surface area contributed by atoms with Gasteiger partial charge in [0, 0.05) is 36.0 Å². The number of rotatable bonds is 12. The first-order valence-corrected chi connectivity index (χ1v) is 12.8. The van der Waals surface area contributed by atoms with Crippen LogP contribution in [0.3, 0.4) is 0 Å². The average molecular weight is 495 g/mol. The minimum absolute atomic E-state index is 0.0512. The van der Waals surface area contributed by atoms with Crippen molar-refractivity contribution in [3.8, 4) is 22.5 Å². The molecule has 0 unspecified atom stereocenters. The number of aromatic nitrogens is 2. The summed E-state index contributed by atoms with van der Waals surface area (Å²) in [5, 5.41) is 2.84. The van der Waals surface area contributed by atoms with Crippen molar-refractivity contribution in [2.45, 2.75) is 32.7 Å². The summed E-state index contributed by atoms with van der Waals surface area (Å²) in [7, 11) is 0. The molecule has 0 fully saturated rings. The molecule has 3 aromatic carbocycles. The van der Waals surface area contributed by atoms with E-state index in [-0.39, 0.29) is 18.6 Å². The SMILES string of the molecule is CC(C)N(CCCCOCC(=O)Nc1ccccc1)c1cnc(-c2ccccc2)c(-c2ccccc2)n1. The highest BCUT2D eigenvalue weighted by molar-refractivity contribution is 5.91. The van der Waals surface area contributed by atoms with Gasteiger partial charge >= 0.3 is 0 Å². The molecule has 1 amide bonds. The van der Waals surface area contributed by atoms with Crippen molar-refractivity contribution in [3.63, 3.8) is 0 Å². The molecule has 0 aliphatic heterocycles. The minimum Gasteiger partial charge on any atom is -0.372 e. The zero-order valence-corrected chi connectivity index (χ0v) is 21.5. The molecule has 0 saturated carbocycles. The zero-order chi connectivity index (χ0) is 25.9. The van der Waals surface area contributed by atoms with Crippen LogP contribution in [0.1, 0.15) is 26.7 Å². The van der Waals surface area contributed by atoms with Crippen molar-refractivity contribution < 1.29 is 9.53 Å². The first-order chi connectivity index (χ1) is 18.1. The molecule has 1 heterocycles. The second-order valence-electron chi connectivity index (χ2n) is 9.12. The number of nitrogens with zero attached hydrogens (tertiary/aromatic N) is 3. The predicted octanol–water partition coefficient (Wildman–Crippen LogP) is 6.46. The van der Waals surface area contributed by atoms with Crippen LogP contribution in [0.5, 0.6) is 0 Å². The number of benzene rings is 3. The lowest BCUT2D eigenvalue weighted by Crippen LogP contribution is -2.33. The number of amides is 1. The van der Waals surface area contributed by atoms with Crippen LogP contribution in [-0.2, 0) is 9.53 Å². The Morgan fingerprint density at radius 1 is 0.838 bits per heavy atom. The number of para-hydroxylation sites is 1. The van der Waals surface area contributed by atoms with Crippen molar-refractivity contribution in [2.75, 3.05) is 30.0 Å². The van der Waals surface area contributed by atoms with Gasteiger partial charge in [0.2, 0.25) is 5.91 Å². The van der Waals surface area contributed by atoms with Crippen molar-refractivity contribution in [2.24, 2.45) is 0 Å². The van der Waals surface area contributed by atoms with Gasteiger partial charge in [-0.25, -0.2) is 4.98 Å². The summed E-state index contributed by atoms with van der Waals surface area (Å²) in [5.41, 5.74) is 4.62. The van der Waals surface area contributed by atoms with E-state index in [0.29, 0.717) is 6.61 Å². The quantitative estimate of drug-likeness (QED) is 0.229. The molecule has 1 N–H and O–H groups in total. The Kier molecular flexibility index (Phi) is 9.38. The highest BCUT2D eigenvalue weighted by Crippen LogP contribution is 2.31. The van der Waals surface area contributed by atoms with E-state index in [9.17, 15) is 4.79 Å². The van der Waals surface area contributed by atoms with E-state index in [1.807, 2.05) is 72.9 Å². The summed E-state index contributed by atoms with van der Waals surface area (Å²) in [6.07, 6.45) is 3.64. The molecular formula is C31H34N4O2. The second-order valence-corrected chi connectivity index (χ2v) is 9.12. The smallest absolute Gasteiger partial charge is 0.250 e. The average Bonchev–Trinajstić information content (AvgIpc) is 2.93. The van der Waals surface area contributed by atoms with Gasteiger partial charge in [-0.15, -0.1) is 0 Å². The van der Waals surface area contributed by atoms with Crippen LogP contribution >= 0.6 is 0 Å². The van der Waals surface area contributed by atoms with Gasteiger partial charge in [0.15, 0.2) is 0 Å². The van der Waals surface area contributed by atoms with Gasteiger partial charge in [-0.05, 0) is 38.8 Å². The molecule has 0 bridgehead atoms. The molecule has 0 aliphatic carbocycles. The summed E-state index contributed by atoms with van der Waals surface area (Å²) in [6, 6.07) is 30.1. The molecule has 190 valence electrons. The van der Waals surface area contributed by atoms with Gasteiger partial charge in [-0.3, -0.25) is 9.78 Å². The predicted molar refractivity (Wildman–Crippen MR) is 151 cm³/mol. The Balaban J connectivity index is 1.37. The molecule has 0 radical (unpaired) electrons. The Morgan fingerprint density at radius 3 is 2.05 bits per heavy atom. The maximum absolute atomic E-state index is 12.0. The first kappa shape index (κ1) is 26.0. The highest BCUT2D eigenvalue weighted by Gasteiger charge is 2.17. The van der Waals surface area contributed by atoms with Crippen LogP contribution in [0.2, 0.25) is 0 Å². The third-order valence-corrected chi connectivity index (χ3v) is 6.00. The van der Waals surface area contributed by atoms with Gasteiger partial charge in [0.05, 0.1) is 17.6 Å². The number of nitrogens with one attached hydrogen (secondary N) is 1. The normalized spacial score (nSPS) is 10.9. The number of carbonyl (C=O) groups is 1. The molecule has 0 saturated heterocycles. The fraction of sp³-hybridized carbons (Fsp3) is 0.258. The molecule has 37 heavy (non-hydrogen) atoms. The number of anilines is 2. The molecule has 4 rings (SSSR count). The largest absolute Gasteiger partial charge is 0.372 e. The van der Waals surface area contributed by atoms with E-state index < -0.39 is 0 Å². The summed E-state index contributed by atoms with van der Waals surface area (Å²) in [6.45, 7) is 5.74.